The average Bonchev–Trinajstić information content (AvgIpc) is 3.59. The number of carbonyl (C=O) groups excluding carboxylic acids is 1. The molecule has 1 aliphatic rings. The fraction of sp³-hybridized carbons (Fsp3) is 0.304. The van der Waals surface area contributed by atoms with E-state index >= 15 is 0 Å². The van der Waals surface area contributed by atoms with E-state index in [1.165, 1.54) is 7.11 Å². The molecule has 2 amide bonds. The zero-order valence-electron chi connectivity index (χ0n) is 18.4. The molecule has 3 aromatic rings. The maximum absolute atomic E-state index is 12.9. The van der Waals surface area contributed by atoms with E-state index in [4.69, 9.17) is 18.9 Å². The van der Waals surface area contributed by atoms with Crippen LogP contribution in [-0.2, 0) is 0 Å². The second-order valence-electron chi connectivity index (χ2n) is 7.35. The molecule has 0 spiro atoms. The number of H-pyrrole nitrogens is 1. The first-order valence-electron chi connectivity index (χ1n) is 10.2. The molecule has 0 bridgehead atoms. The molecule has 9 heteroatoms. The number of benzene rings is 2. The lowest BCUT2D eigenvalue weighted by Gasteiger charge is -2.14. The number of hydrogen-bond acceptors (Lipinski definition) is 6. The van der Waals surface area contributed by atoms with E-state index in [2.05, 4.69) is 20.8 Å². The number of nitrogens with one attached hydrogen (secondary N) is 3. The van der Waals surface area contributed by atoms with Gasteiger partial charge >= 0.3 is 6.03 Å². The van der Waals surface area contributed by atoms with Crippen LogP contribution in [0.4, 0.5) is 16.2 Å². The van der Waals surface area contributed by atoms with Gasteiger partial charge in [-0.15, -0.1) is 0 Å². The highest BCUT2D eigenvalue weighted by atomic mass is 16.5. The van der Waals surface area contributed by atoms with Crippen LogP contribution in [0, 0.1) is 0 Å². The summed E-state index contributed by atoms with van der Waals surface area (Å²) in [5.41, 5.74) is 3.39. The summed E-state index contributed by atoms with van der Waals surface area (Å²) in [5.74, 6) is 2.73. The number of anilines is 2. The van der Waals surface area contributed by atoms with Gasteiger partial charge < -0.3 is 29.6 Å². The van der Waals surface area contributed by atoms with Gasteiger partial charge in [0.25, 0.3) is 0 Å². The van der Waals surface area contributed by atoms with Crippen molar-refractivity contribution in [2.45, 2.75) is 18.8 Å². The molecule has 4 rings (SSSR count). The van der Waals surface area contributed by atoms with E-state index in [1.807, 2.05) is 12.1 Å². The molecule has 32 heavy (non-hydrogen) atoms. The SMILES string of the molecule is COc1ccc(NC(=O)Nc2c(-c3ccc(OC)cc3OC)n[nH]c2C2CC2)c(OC)c1. The van der Waals surface area contributed by atoms with Crippen LogP contribution in [0.3, 0.4) is 0 Å². The number of nitrogens with zero attached hydrogens (tertiary/aromatic N) is 1. The zero-order chi connectivity index (χ0) is 22.7. The van der Waals surface area contributed by atoms with Crippen molar-refractivity contribution in [2.75, 3.05) is 39.1 Å². The Hall–Kier alpha value is -3.88. The van der Waals surface area contributed by atoms with Crippen molar-refractivity contribution in [1.29, 1.82) is 0 Å². The molecular formula is C23H26N4O5. The highest BCUT2D eigenvalue weighted by Gasteiger charge is 2.31. The molecule has 168 valence electrons. The summed E-state index contributed by atoms with van der Waals surface area (Å²) in [6.45, 7) is 0. The molecule has 2 aromatic carbocycles. The first kappa shape index (κ1) is 21.4. The third-order valence-electron chi connectivity index (χ3n) is 5.34. The summed E-state index contributed by atoms with van der Waals surface area (Å²) in [6.07, 6.45) is 2.09. The van der Waals surface area contributed by atoms with Crippen LogP contribution in [0.2, 0.25) is 0 Å². The van der Waals surface area contributed by atoms with Crippen LogP contribution in [0.15, 0.2) is 36.4 Å². The third kappa shape index (κ3) is 4.27. The van der Waals surface area contributed by atoms with Gasteiger partial charge in [-0.25, -0.2) is 4.79 Å². The molecule has 0 unspecified atom stereocenters. The van der Waals surface area contributed by atoms with Crippen molar-refractivity contribution in [3.63, 3.8) is 0 Å². The van der Waals surface area contributed by atoms with Crippen LogP contribution < -0.4 is 29.6 Å². The minimum atomic E-state index is -0.412. The number of methoxy groups -OCH3 is 4. The zero-order valence-corrected chi connectivity index (χ0v) is 18.4. The van der Waals surface area contributed by atoms with Crippen molar-refractivity contribution >= 4 is 17.4 Å². The van der Waals surface area contributed by atoms with Gasteiger partial charge in [0, 0.05) is 23.6 Å². The van der Waals surface area contributed by atoms with Gasteiger partial charge in [0.15, 0.2) is 0 Å². The Morgan fingerprint density at radius 2 is 1.56 bits per heavy atom. The van der Waals surface area contributed by atoms with Gasteiger partial charge in [-0.2, -0.15) is 5.10 Å². The minimum Gasteiger partial charge on any atom is -0.497 e. The van der Waals surface area contributed by atoms with Crippen LogP contribution in [-0.4, -0.2) is 44.7 Å². The molecule has 0 atom stereocenters. The van der Waals surface area contributed by atoms with Gasteiger partial charge in [0.1, 0.15) is 28.7 Å². The molecule has 3 N–H and O–H groups in total. The number of urea groups is 1. The van der Waals surface area contributed by atoms with Crippen molar-refractivity contribution < 1.29 is 23.7 Å². The van der Waals surface area contributed by atoms with E-state index in [9.17, 15) is 4.79 Å². The van der Waals surface area contributed by atoms with Gasteiger partial charge in [0.05, 0.1) is 45.5 Å². The van der Waals surface area contributed by atoms with Gasteiger partial charge in [-0.3, -0.25) is 5.10 Å². The van der Waals surface area contributed by atoms with Gasteiger partial charge in [0.2, 0.25) is 0 Å². The average molecular weight is 438 g/mol. The number of rotatable bonds is 8. The highest BCUT2D eigenvalue weighted by Crippen LogP contribution is 2.46. The van der Waals surface area contributed by atoms with Crippen LogP contribution in [0.25, 0.3) is 11.3 Å². The van der Waals surface area contributed by atoms with E-state index in [0.717, 1.165) is 24.1 Å². The smallest absolute Gasteiger partial charge is 0.323 e. The number of hydrogen-bond donors (Lipinski definition) is 3. The monoisotopic (exact) mass is 438 g/mol. The summed E-state index contributed by atoms with van der Waals surface area (Å²) in [4.78, 5) is 12.9. The minimum absolute atomic E-state index is 0.339. The Kier molecular flexibility index (Phi) is 6.07. The highest BCUT2D eigenvalue weighted by molar-refractivity contribution is 6.03. The summed E-state index contributed by atoms with van der Waals surface area (Å²) in [7, 11) is 6.29. The van der Waals surface area contributed by atoms with Crippen molar-refractivity contribution in [3.05, 3.63) is 42.1 Å². The van der Waals surface area contributed by atoms with Crippen molar-refractivity contribution in [2.24, 2.45) is 0 Å². The molecule has 1 aromatic heterocycles. The molecule has 1 fully saturated rings. The van der Waals surface area contributed by atoms with E-state index < -0.39 is 6.03 Å². The van der Waals surface area contributed by atoms with Crippen LogP contribution in [0.1, 0.15) is 24.5 Å². The van der Waals surface area contributed by atoms with Crippen molar-refractivity contribution in [1.82, 2.24) is 10.2 Å². The molecule has 0 aliphatic heterocycles. The van der Waals surface area contributed by atoms with Crippen molar-refractivity contribution in [3.8, 4) is 34.3 Å². The first-order valence-corrected chi connectivity index (χ1v) is 10.2. The van der Waals surface area contributed by atoms with E-state index in [0.29, 0.717) is 46.0 Å². The molecule has 9 nitrogen and oxygen atoms in total. The summed E-state index contributed by atoms with van der Waals surface area (Å²) < 4.78 is 21.4. The summed E-state index contributed by atoms with van der Waals surface area (Å²) in [6, 6.07) is 10.2. The first-order chi connectivity index (χ1) is 15.6. The molecule has 0 saturated heterocycles. The Bertz CT molecular complexity index is 1120. The topological polar surface area (TPSA) is 107 Å². The van der Waals surface area contributed by atoms with Crippen LogP contribution in [0.5, 0.6) is 23.0 Å². The molecule has 1 heterocycles. The number of ether oxygens (including phenoxy) is 4. The van der Waals surface area contributed by atoms with Crippen LogP contribution >= 0.6 is 0 Å². The summed E-state index contributed by atoms with van der Waals surface area (Å²) >= 11 is 0. The van der Waals surface area contributed by atoms with E-state index in [-0.39, 0.29) is 0 Å². The second-order valence-corrected chi connectivity index (χ2v) is 7.35. The lowest BCUT2D eigenvalue weighted by molar-refractivity contribution is 0.262. The number of aromatic amines is 1. The maximum Gasteiger partial charge on any atom is 0.323 e. The Morgan fingerprint density at radius 1 is 0.906 bits per heavy atom. The fourth-order valence-electron chi connectivity index (χ4n) is 3.51. The molecule has 0 radical (unpaired) electrons. The molecule has 1 saturated carbocycles. The predicted molar refractivity (Wildman–Crippen MR) is 121 cm³/mol. The normalized spacial score (nSPS) is 12.8. The Labute approximate surface area is 186 Å². The standard InChI is InChI=1S/C23H26N4O5/c1-29-14-7-9-16(18(11-14)31-3)21-22(20(26-27-21)13-5-6-13)25-23(28)24-17-10-8-15(30-2)12-19(17)32-4/h7-13H,5-6H2,1-4H3,(H,26,27)(H2,24,25,28). The number of aromatic nitrogens is 2. The molecule has 1 aliphatic carbocycles. The lowest BCUT2D eigenvalue weighted by atomic mass is 10.1. The maximum atomic E-state index is 12.9. The number of carbonyl (C=O) groups is 1. The lowest BCUT2D eigenvalue weighted by Crippen LogP contribution is -2.20. The van der Waals surface area contributed by atoms with Gasteiger partial charge in [-0.1, -0.05) is 0 Å². The third-order valence-corrected chi connectivity index (χ3v) is 5.34. The number of amides is 2. The predicted octanol–water partition coefficient (Wildman–Crippen LogP) is 4.63. The Balaban J connectivity index is 1.64. The Morgan fingerprint density at radius 3 is 2.19 bits per heavy atom. The quantitative estimate of drug-likeness (QED) is 0.473. The molecular weight excluding hydrogens is 412 g/mol. The largest absolute Gasteiger partial charge is 0.497 e. The summed E-state index contributed by atoms with van der Waals surface area (Å²) in [5, 5.41) is 13.4. The second kappa shape index (κ2) is 9.09. The van der Waals surface area contributed by atoms with Gasteiger partial charge in [-0.05, 0) is 37.1 Å². The fourth-order valence-corrected chi connectivity index (χ4v) is 3.51. The van der Waals surface area contributed by atoms with E-state index in [1.54, 1.807) is 45.6 Å².